The van der Waals surface area contributed by atoms with Gasteiger partial charge in [-0.15, -0.1) is 0 Å². The lowest BCUT2D eigenvalue weighted by Gasteiger charge is -2.32. The van der Waals surface area contributed by atoms with Gasteiger partial charge in [0.1, 0.15) is 17.2 Å². The molecule has 0 spiro atoms. The van der Waals surface area contributed by atoms with Gasteiger partial charge in [0.2, 0.25) is 0 Å². The van der Waals surface area contributed by atoms with E-state index >= 15 is 0 Å². The molecule has 2 N–H and O–H groups in total. The van der Waals surface area contributed by atoms with Gasteiger partial charge in [-0.2, -0.15) is 0 Å². The molecule has 0 aromatic heterocycles. The van der Waals surface area contributed by atoms with Crippen molar-refractivity contribution in [1.29, 1.82) is 0 Å². The standard InChI is InChI=1S/C17H27NO4/c1-20-13-9-15(21-2)14(16(10-13)22-3)11-18-12-17(19)7-5-4-6-8-17/h9-10,18-19H,4-8,11-12H2,1-3H3. The smallest absolute Gasteiger partial charge is 0.130 e. The fraction of sp³-hybridized carbons (Fsp3) is 0.647. The van der Waals surface area contributed by atoms with E-state index in [1.54, 1.807) is 21.3 Å². The number of rotatable bonds is 7. The predicted octanol–water partition coefficient (Wildman–Crippen LogP) is 2.50. The first-order chi connectivity index (χ1) is 10.6. The van der Waals surface area contributed by atoms with Crippen LogP contribution in [-0.2, 0) is 6.54 Å². The highest BCUT2D eigenvalue weighted by molar-refractivity contribution is 5.50. The molecule has 1 aromatic carbocycles. The summed E-state index contributed by atoms with van der Waals surface area (Å²) in [7, 11) is 4.88. The van der Waals surface area contributed by atoms with Gasteiger partial charge < -0.3 is 24.6 Å². The number of hydrogen-bond acceptors (Lipinski definition) is 5. The number of aliphatic hydroxyl groups is 1. The second-order valence-electron chi connectivity index (χ2n) is 5.90. The van der Waals surface area contributed by atoms with Gasteiger partial charge in [-0.1, -0.05) is 19.3 Å². The van der Waals surface area contributed by atoms with E-state index in [1.807, 2.05) is 12.1 Å². The van der Waals surface area contributed by atoms with Crippen molar-refractivity contribution < 1.29 is 19.3 Å². The summed E-state index contributed by atoms with van der Waals surface area (Å²) < 4.78 is 16.1. The van der Waals surface area contributed by atoms with Crippen LogP contribution in [0.2, 0.25) is 0 Å². The maximum atomic E-state index is 10.5. The summed E-state index contributed by atoms with van der Waals surface area (Å²) in [6.07, 6.45) is 5.18. The number of hydrogen-bond donors (Lipinski definition) is 2. The van der Waals surface area contributed by atoms with Crippen LogP contribution in [-0.4, -0.2) is 38.6 Å². The summed E-state index contributed by atoms with van der Waals surface area (Å²) in [5.74, 6) is 2.14. The second-order valence-corrected chi connectivity index (χ2v) is 5.90. The van der Waals surface area contributed by atoms with Crippen LogP contribution in [0.5, 0.6) is 17.2 Å². The Morgan fingerprint density at radius 2 is 1.59 bits per heavy atom. The van der Waals surface area contributed by atoms with Gasteiger partial charge >= 0.3 is 0 Å². The Hall–Kier alpha value is -1.46. The topological polar surface area (TPSA) is 60.0 Å². The molecule has 5 nitrogen and oxygen atoms in total. The van der Waals surface area contributed by atoms with Crippen molar-refractivity contribution in [1.82, 2.24) is 5.32 Å². The first-order valence-electron chi connectivity index (χ1n) is 7.84. The molecule has 0 amide bonds. The molecule has 0 bridgehead atoms. The maximum absolute atomic E-state index is 10.5. The molecule has 0 unspecified atom stereocenters. The third kappa shape index (κ3) is 4.05. The summed E-state index contributed by atoms with van der Waals surface area (Å²) in [5.41, 5.74) is 0.357. The highest BCUT2D eigenvalue weighted by atomic mass is 16.5. The van der Waals surface area contributed by atoms with Gasteiger partial charge in [0.25, 0.3) is 0 Å². The molecule has 22 heavy (non-hydrogen) atoms. The van der Waals surface area contributed by atoms with E-state index in [-0.39, 0.29) is 0 Å². The predicted molar refractivity (Wildman–Crippen MR) is 85.8 cm³/mol. The summed E-state index contributed by atoms with van der Waals surface area (Å²) in [6, 6.07) is 3.68. The molecule has 1 aliphatic carbocycles. The van der Waals surface area contributed by atoms with E-state index in [9.17, 15) is 5.11 Å². The van der Waals surface area contributed by atoms with Gasteiger partial charge in [0, 0.05) is 25.2 Å². The highest BCUT2D eigenvalue weighted by Gasteiger charge is 2.28. The van der Waals surface area contributed by atoms with Crippen molar-refractivity contribution in [2.24, 2.45) is 0 Å². The monoisotopic (exact) mass is 309 g/mol. The summed E-state index contributed by atoms with van der Waals surface area (Å²) in [4.78, 5) is 0. The van der Waals surface area contributed by atoms with E-state index in [4.69, 9.17) is 14.2 Å². The third-order valence-electron chi connectivity index (χ3n) is 4.36. The van der Waals surface area contributed by atoms with Crippen LogP contribution in [0.15, 0.2) is 12.1 Å². The Labute approximate surface area is 132 Å². The number of nitrogens with one attached hydrogen (secondary N) is 1. The zero-order valence-corrected chi connectivity index (χ0v) is 13.8. The molecular formula is C17H27NO4. The fourth-order valence-electron chi connectivity index (χ4n) is 3.06. The van der Waals surface area contributed by atoms with E-state index in [2.05, 4.69) is 5.32 Å². The Bertz CT molecular complexity index is 459. The molecule has 0 atom stereocenters. The van der Waals surface area contributed by atoms with Crippen LogP contribution < -0.4 is 19.5 Å². The molecule has 0 radical (unpaired) electrons. The molecule has 1 aromatic rings. The van der Waals surface area contributed by atoms with Gasteiger partial charge in [0.05, 0.1) is 32.5 Å². The van der Waals surface area contributed by atoms with Gasteiger partial charge in [-0.3, -0.25) is 0 Å². The number of ether oxygens (including phenoxy) is 3. The largest absolute Gasteiger partial charge is 0.496 e. The molecule has 5 heteroatoms. The van der Waals surface area contributed by atoms with Gasteiger partial charge in [-0.25, -0.2) is 0 Å². The van der Waals surface area contributed by atoms with Crippen molar-refractivity contribution in [3.63, 3.8) is 0 Å². The summed E-state index contributed by atoms with van der Waals surface area (Å²) >= 11 is 0. The fourth-order valence-corrected chi connectivity index (χ4v) is 3.06. The van der Waals surface area contributed by atoms with Crippen molar-refractivity contribution in [3.8, 4) is 17.2 Å². The lowest BCUT2D eigenvalue weighted by atomic mass is 9.85. The van der Waals surface area contributed by atoms with Crippen molar-refractivity contribution in [3.05, 3.63) is 17.7 Å². The van der Waals surface area contributed by atoms with Crippen molar-refractivity contribution >= 4 is 0 Å². The Morgan fingerprint density at radius 1 is 1.00 bits per heavy atom. The van der Waals surface area contributed by atoms with Crippen LogP contribution in [0.4, 0.5) is 0 Å². The molecule has 0 saturated heterocycles. The van der Waals surface area contributed by atoms with E-state index in [0.717, 1.165) is 42.7 Å². The lowest BCUT2D eigenvalue weighted by molar-refractivity contribution is 0.00460. The van der Waals surface area contributed by atoms with Crippen LogP contribution in [0.3, 0.4) is 0 Å². The summed E-state index contributed by atoms with van der Waals surface area (Å²) in [6.45, 7) is 1.17. The molecule has 0 aliphatic heterocycles. The van der Waals surface area contributed by atoms with E-state index in [1.165, 1.54) is 6.42 Å². The highest BCUT2D eigenvalue weighted by Crippen LogP contribution is 2.34. The van der Waals surface area contributed by atoms with Gasteiger partial charge in [-0.05, 0) is 12.8 Å². The average molecular weight is 309 g/mol. The zero-order chi connectivity index (χ0) is 16.0. The Balaban J connectivity index is 2.05. The molecule has 1 aliphatic rings. The number of methoxy groups -OCH3 is 3. The second kappa shape index (κ2) is 7.70. The van der Waals surface area contributed by atoms with Crippen LogP contribution in [0, 0.1) is 0 Å². The summed E-state index contributed by atoms with van der Waals surface area (Å²) in [5, 5.41) is 13.9. The molecule has 1 saturated carbocycles. The first-order valence-corrected chi connectivity index (χ1v) is 7.84. The third-order valence-corrected chi connectivity index (χ3v) is 4.36. The van der Waals surface area contributed by atoms with E-state index < -0.39 is 5.60 Å². The lowest BCUT2D eigenvalue weighted by Crippen LogP contribution is -2.41. The maximum Gasteiger partial charge on any atom is 0.130 e. The zero-order valence-electron chi connectivity index (χ0n) is 13.8. The molecule has 124 valence electrons. The molecule has 1 fully saturated rings. The Kier molecular flexibility index (Phi) is 5.91. The normalized spacial score (nSPS) is 17.1. The minimum absolute atomic E-state index is 0.578. The SMILES string of the molecule is COc1cc(OC)c(CNCC2(O)CCCCC2)c(OC)c1. The first kappa shape index (κ1) is 16.9. The minimum Gasteiger partial charge on any atom is -0.496 e. The van der Waals surface area contributed by atoms with Crippen LogP contribution in [0.25, 0.3) is 0 Å². The van der Waals surface area contributed by atoms with E-state index in [0.29, 0.717) is 18.8 Å². The van der Waals surface area contributed by atoms with Crippen molar-refractivity contribution in [2.45, 2.75) is 44.2 Å². The van der Waals surface area contributed by atoms with Crippen LogP contribution in [0.1, 0.15) is 37.7 Å². The van der Waals surface area contributed by atoms with Crippen molar-refractivity contribution in [2.75, 3.05) is 27.9 Å². The molecular weight excluding hydrogens is 282 g/mol. The Morgan fingerprint density at radius 3 is 2.09 bits per heavy atom. The average Bonchev–Trinajstić information content (AvgIpc) is 2.55. The molecule has 0 heterocycles. The quantitative estimate of drug-likeness (QED) is 0.810. The minimum atomic E-state index is -0.578. The number of benzene rings is 1. The van der Waals surface area contributed by atoms with Gasteiger partial charge in [0.15, 0.2) is 0 Å². The van der Waals surface area contributed by atoms with Crippen LogP contribution >= 0.6 is 0 Å². The molecule has 2 rings (SSSR count).